The summed E-state index contributed by atoms with van der Waals surface area (Å²) >= 11 is 6.06. The molecular formula is C21H14ClFN4O3. The van der Waals surface area contributed by atoms with Crippen molar-refractivity contribution in [2.24, 2.45) is 0 Å². The van der Waals surface area contributed by atoms with Crippen molar-refractivity contribution in [2.75, 3.05) is 6.86 Å². The van der Waals surface area contributed by atoms with Gasteiger partial charge < -0.3 is 15.0 Å². The lowest BCUT2D eigenvalue weighted by molar-refractivity contribution is -0.123. The van der Waals surface area contributed by atoms with Crippen molar-refractivity contribution >= 4 is 40.5 Å². The summed E-state index contributed by atoms with van der Waals surface area (Å²) < 4.78 is 17.6. The lowest BCUT2D eigenvalue weighted by Crippen LogP contribution is -2.30. The Hall–Kier alpha value is -3.83. The maximum atomic E-state index is 12.7. The molecule has 0 aliphatic carbocycles. The Morgan fingerprint density at radius 3 is 2.67 bits per heavy atom. The number of nitrogens with one attached hydrogen (secondary N) is 2. The van der Waals surface area contributed by atoms with E-state index in [1.54, 1.807) is 42.6 Å². The number of ether oxygens (including phenoxy) is 1. The van der Waals surface area contributed by atoms with Crippen LogP contribution in [-0.2, 0) is 11.3 Å². The van der Waals surface area contributed by atoms with Gasteiger partial charge in [-0.05, 0) is 29.8 Å². The number of alkyl halides is 1. The maximum Gasteiger partial charge on any atom is 0.329 e. The summed E-state index contributed by atoms with van der Waals surface area (Å²) in [5.41, 5.74) is 2.41. The van der Waals surface area contributed by atoms with Gasteiger partial charge in [-0.1, -0.05) is 29.8 Å². The third kappa shape index (κ3) is 3.47. The second-order valence-electron chi connectivity index (χ2n) is 6.48. The van der Waals surface area contributed by atoms with E-state index < -0.39 is 18.8 Å². The fraction of sp³-hybridized carbons (Fsp3) is 0.0952. The van der Waals surface area contributed by atoms with E-state index in [2.05, 4.69) is 10.3 Å². The van der Waals surface area contributed by atoms with Gasteiger partial charge in [0.05, 0.1) is 28.7 Å². The molecule has 150 valence electrons. The quantitative estimate of drug-likeness (QED) is 0.476. The zero-order chi connectivity index (χ0) is 21.3. The molecule has 0 bridgehead atoms. The van der Waals surface area contributed by atoms with Crippen molar-refractivity contribution in [1.82, 2.24) is 15.2 Å². The maximum absolute atomic E-state index is 12.7. The van der Waals surface area contributed by atoms with E-state index >= 15 is 0 Å². The molecule has 1 aliphatic rings. The molecule has 3 aromatic rings. The largest absolute Gasteiger partial charge is 0.459 e. The first kappa shape index (κ1) is 19.5. The molecule has 2 heterocycles. The number of amides is 3. The number of fused-ring (bicyclic) bond motifs is 1. The Labute approximate surface area is 175 Å². The third-order valence-corrected chi connectivity index (χ3v) is 4.98. The Morgan fingerprint density at radius 2 is 1.97 bits per heavy atom. The average molecular weight is 425 g/mol. The molecule has 1 aliphatic heterocycles. The zero-order valence-corrected chi connectivity index (χ0v) is 16.2. The molecule has 2 aromatic carbocycles. The van der Waals surface area contributed by atoms with E-state index in [1.807, 2.05) is 6.07 Å². The van der Waals surface area contributed by atoms with Crippen LogP contribution in [0.3, 0.4) is 0 Å². The number of imide groups is 1. The summed E-state index contributed by atoms with van der Waals surface area (Å²) in [6, 6.07) is 11.4. The molecule has 0 radical (unpaired) electrons. The number of aromatic nitrogens is 1. The molecule has 1 fully saturated rings. The first-order valence-electron chi connectivity index (χ1n) is 8.83. The van der Waals surface area contributed by atoms with Crippen LogP contribution in [0.2, 0.25) is 5.02 Å². The smallest absolute Gasteiger partial charge is 0.329 e. The summed E-state index contributed by atoms with van der Waals surface area (Å²) in [7, 11) is 0. The predicted molar refractivity (Wildman–Crippen MR) is 108 cm³/mol. The highest BCUT2D eigenvalue weighted by molar-refractivity contribution is 6.33. The molecule has 0 unspecified atom stereocenters. The van der Waals surface area contributed by atoms with Crippen LogP contribution in [0, 0.1) is 11.3 Å². The van der Waals surface area contributed by atoms with Gasteiger partial charge in [0.25, 0.3) is 5.91 Å². The van der Waals surface area contributed by atoms with Crippen molar-refractivity contribution in [1.29, 1.82) is 5.26 Å². The van der Waals surface area contributed by atoms with Crippen molar-refractivity contribution < 1.29 is 18.7 Å². The Balaban J connectivity index is 1.62. The second kappa shape index (κ2) is 7.89. The van der Waals surface area contributed by atoms with Crippen LogP contribution in [0.25, 0.3) is 17.0 Å². The first-order valence-corrected chi connectivity index (χ1v) is 9.21. The van der Waals surface area contributed by atoms with E-state index in [4.69, 9.17) is 21.6 Å². The van der Waals surface area contributed by atoms with Gasteiger partial charge in [0.1, 0.15) is 5.70 Å². The number of benzene rings is 2. The lowest BCUT2D eigenvalue weighted by Gasteiger charge is -2.11. The molecule has 0 saturated carbocycles. The number of aromatic amines is 1. The molecule has 7 nitrogen and oxygen atoms in total. The van der Waals surface area contributed by atoms with Gasteiger partial charge in [-0.25, -0.2) is 9.18 Å². The minimum Gasteiger partial charge on any atom is -0.459 e. The van der Waals surface area contributed by atoms with Crippen molar-refractivity contribution in [2.45, 2.75) is 6.54 Å². The third-order valence-electron chi connectivity index (χ3n) is 4.68. The topological polar surface area (TPSA) is 98.2 Å². The summed E-state index contributed by atoms with van der Waals surface area (Å²) in [6.45, 7) is -0.960. The predicted octanol–water partition coefficient (Wildman–Crippen LogP) is 4.09. The highest BCUT2D eigenvalue weighted by atomic mass is 35.5. The molecule has 1 aromatic heterocycles. The number of rotatable bonds is 5. The fourth-order valence-electron chi connectivity index (χ4n) is 3.22. The van der Waals surface area contributed by atoms with E-state index in [0.29, 0.717) is 27.6 Å². The van der Waals surface area contributed by atoms with Crippen molar-refractivity contribution in [3.8, 4) is 11.8 Å². The highest BCUT2D eigenvalue weighted by Gasteiger charge is 2.33. The van der Waals surface area contributed by atoms with Crippen molar-refractivity contribution in [3.05, 3.63) is 70.0 Å². The van der Waals surface area contributed by atoms with Crippen molar-refractivity contribution in [3.63, 3.8) is 0 Å². The Morgan fingerprint density at radius 1 is 1.20 bits per heavy atom. The minimum absolute atomic E-state index is 0.0751. The number of nitriles is 1. The minimum atomic E-state index is -1.03. The van der Waals surface area contributed by atoms with Crippen LogP contribution < -0.4 is 10.1 Å². The van der Waals surface area contributed by atoms with Gasteiger partial charge in [0, 0.05) is 17.1 Å². The Bertz CT molecular complexity index is 1230. The standard InChI is InChI=1S/C21H14ClFN4O3/c22-16-6-5-15-14(9-25-18(15)19(16)30-11-23)7-17-20(28)27(21(29)26-17)10-13-3-1-12(8-24)2-4-13/h1-7,9,25H,10-11H2,(H,26,29)/b17-7-. The molecule has 30 heavy (non-hydrogen) atoms. The van der Waals surface area contributed by atoms with Gasteiger partial charge in [-0.15, -0.1) is 0 Å². The van der Waals surface area contributed by atoms with E-state index in [9.17, 15) is 14.0 Å². The number of halogens is 2. The first-order chi connectivity index (χ1) is 14.5. The second-order valence-corrected chi connectivity index (χ2v) is 6.89. The number of hydrogen-bond acceptors (Lipinski definition) is 4. The summed E-state index contributed by atoms with van der Waals surface area (Å²) in [5.74, 6) is -0.307. The van der Waals surface area contributed by atoms with Crippen LogP contribution in [0.15, 0.2) is 48.3 Å². The number of hydrogen-bond donors (Lipinski definition) is 2. The number of carbonyl (C=O) groups excluding carboxylic acids is 2. The molecule has 9 heteroatoms. The van der Waals surface area contributed by atoms with Gasteiger partial charge in [-0.2, -0.15) is 5.26 Å². The molecule has 1 saturated heterocycles. The van der Waals surface area contributed by atoms with E-state index in [0.717, 1.165) is 4.90 Å². The molecule has 0 atom stereocenters. The zero-order valence-electron chi connectivity index (χ0n) is 15.4. The molecular weight excluding hydrogens is 411 g/mol. The lowest BCUT2D eigenvalue weighted by atomic mass is 10.1. The van der Waals surface area contributed by atoms with Gasteiger partial charge in [0.2, 0.25) is 6.86 Å². The number of urea groups is 1. The van der Waals surface area contributed by atoms with Crippen LogP contribution >= 0.6 is 11.6 Å². The van der Waals surface area contributed by atoms with Crippen LogP contribution in [0.5, 0.6) is 5.75 Å². The van der Waals surface area contributed by atoms with Crippen LogP contribution in [-0.4, -0.2) is 28.7 Å². The Kier molecular flexibility index (Phi) is 5.12. The average Bonchev–Trinajstić information content (AvgIpc) is 3.27. The van der Waals surface area contributed by atoms with E-state index in [1.165, 1.54) is 6.08 Å². The molecule has 0 spiro atoms. The summed E-state index contributed by atoms with van der Waals surface area (Å²) in [4.78, 5) is 29.1. The van der Waals surface area contributed by atoms with Gasteiger partial charge in [0.15, 0.2) is 5.75 Å². The summed E-state index contributed by atoms with van der Waals surface area (Å²) in [6.07, 6.45) is 3.15. The van der Waals surface area contributed by atoms with Gasteiger partial charge in [-0.3, -0.25) is 9.69 Å². The van der Waals surface area contributed by atoms with E-state index in [-0.39, 0.29) is 23.0 Å². The number of H-pyrrole nitrogens is 1. The molecule has 4 rings (SSSR count). The SMILES string of the molecule is N#Cc1ccc(CN2C(=O)N/C(=C\c3c[nH]c4c(OCF)c(Cl)ccc34)C2=O)cc1. The van der Waals surface area contributed by atoms with Gasteiger partial charge >= 0.3 is 6.03 Å². The molecule has 3 amide bonds. The van der Waals surface area contributed by atoms with Crippen LogP contribution in [0.1, 0.15) is 16.7 Å². The molecule has 2 N–H and O–H groups in total. The fourth-order valence-corrected chi connectivity index (χ4v) is 3.43. The summed E-state index contributed by atoms with van der Waals surface area (Å²) in [5, 5.41) is 12.3. The number of carbonyl (C=O) groups is 2. The highest BCUT2D eigenvalue weighted by Crippen LogP contribution is 2.35. The number of nitrogens with zero attached hydrogens (tertiary/aromatic N) is 2. The van der Waals surface area contributed by atoms with Crippen LogP contribution in [0.4, 0.5) is 9.18 Å². The normalized spacial score (nSPS) is 15.0. The monoisotopic (exact) mass is 424 g/mol.